The lowest BCUT2D eigenvalue weighted by Gasteiger charge is -2.16. The molecule has 0 spiro atoms. The van der Waals surface area contributed by atoms with Crippen LogP contribution in [0, 0.1) is 0 Å². The van der Waals surface area contributed by atoms with E-state index in [0.29, 0.717) is 34.0 Å². The highest BCUT2D eigenvalue weighted by molar-refractivity contribution is 5.87. The van der Waals surface area contributed by atoms with E-state index in [9.17, 15) is 23.1 Å². The summed E-state index contributed by atoms with van der Waals surface area (Å²) in [6.07, 6.45) is -1.85. The summed E-state index contributed by atoms with van der Waals surface area (Å²) < 4.78 is 43.5. The number of nitrogens with one attached hydrogen (secondary N) is 1. The van der Waals surface area contributed by atoms with E-state index in [1.54, 1.807) is 31.3 Å². The van der Waals surface area contributed by atoms with Crippen LogP contribution in [0.3, 0.4) is 0 Å². The number of anilines is 2. The van der Waals surface area contributed by atoms with Crippen LogP contribution in [-0.4, -0.2) is 70.6 Å². The Kier molecular flexibility index (Phi) is 5.62. The first kappa shape index (κ1) is 23.3. The standard InChI is InChI=1S/C21H18F3N9O3/c1-32-8-6-20(35,17(32)34)16-9-15(31-36-16)13-4-2-3-12(27-13)14-5-7-25-18(28-14)29-19-26-11-33(30-19)10-21(22,23)24/h2-5,7,9,11,35H,6,8,10H2,1H3,(H,25,28,29,30)/t20-/m1/s1. The van der Waals surface area contributed by atoms with Gasteiger partial charge in [-0.1, -0.05) is 11.2 Å². The number of pyridine rings is 1. The number of hydrogen-bond acceptors (Lipinski definition) is 10. The van der Waals surface area contributed by atoms with E-state index in [2.05, 4.69) is 35.5 Å². The number of aliphatic hydroxyl groups is 1. The van der Waals surface area contributed by atoms with Gasteiger partial charge in [-0.2, -0.15) is 13.2 Å². The fourth-order valence-corrected chi connectivity index (χ4v) is 3.67. The Bertz CT molecular complexity index is 1420. The third-order valence-electron chi connectivity index (χ3n) is 5.46. The van der Waals surface area contributed by atoms with Crippen LogP contribution in [0.2, 0.25) is 0 Å². The third-order valence-corrected chi connectivity index (χ3v) is 5.46. The van der Waals surface area contributed by atoms with Crippen LogP contribution in [0.15, 0.2) is 47.4 Å². The van der Waals surface area contributed by atoms with Crippen molar-refractivity contribution < 1.29 is 27.6 Å². The fraction of sp³-hybridized carbons (Fsp3) is 0.286. The molecule has 186 valence electrons. The number of carbonyl (C=O) groups excluding carboxylic acids is 1. The molecule has 0 aromatic carbocycles. The summed E-state index contributed by atoms with van der Waals surface area (Å²) >= 11 is 0. The van der Waals surface area contributed by atoms with Gasteiger partial charge in [0.1, 0.15) is 18.6 Å². The van der Waals surface area contributed by atoms with Crippen molar-refractivity contribution in [2.45, 2.75) is 24.7 Å². The predicted molar refractivity (Wildman–Crippen MR) is 116 cm³/mol. The van der Waals surface area contributed by atoms with Crippen molar-refractivity contribution in [3.63, 3.8) is 0 Å². The van der Waals surface area contributed by atoms with Crippen LogP contribution in [0.4, 0.5) is 25.1 Å². The average Bonchev–Trinajstić information content (AvgIpc) is 3.56. The van der Waals surface area contributed by atoms with Crippen molar-refractivity contribution in [2.75, 3.05) is 18.9 Å². The van der Waals surface area contributed by atoms with Gasteiger partial charge >= 0.3 is 6.18 Å². The molecule has 15 heteroatoms. The number of aromatic nitrogens is 7. The van der Waals surface area contributed by atoms with Gasteiger partial charge in [-0.3, -0.25) is 10.1 Å². The molecular formula is C21H18F3N9O3. The van der Waals surface area contributed by atoms with Crippen molar-refractivity contribution in [2.24, 2.45) is 0 Å². The number of halogens is 3. The molecule has 0 bridgehead atoms. The Morgan fingerprint density at radius 2 is 1.86 bits per heavy atom. The second-order valence-electron chi connectivity index (χ2n) is 8.09. The van der Waals surface area contributed by atoms with Crippen LogP contribution < -0.4 is 5.32 Å². The number of nitrogens with zero attached hydrogens (tertiary/aromatic N) is 8. The lowest BCUT2D eigenvalue weighted by molar-refractivity contribution is -0.145. The van der Waals surface area contributed by atoms with Gasteiger partial charge in [-0.05, 0) is 18.2 Å². The van der Waals surface area contributed by atoms with Crippen molar-refractivity contribution in [3.8, 4) is 22.8 Å². The summed E-state index contributed by atoms with van der Waals surface area (Å²) in [4.78, 5) is 30.4. The number of likely N-dealkylation sites (N-methyl/N-ethyl adjacent to an activating group) is 1. The number of carbonyl (C=O) groups is 1. The quantitative estimate of drug-likeness (QED) is 0.403. The van der Waals surface area contributed by atoms with Crippen molar-refractivity contribution in [1.29, 1.82) is 0 Å². The monoisotopic (exact) mass is 501 g/mol. The smallest absolute Gasteiger partial charge is 0.373 e. The topological polar surface area (TPSA) is 148 Å². The molecule has 4 aromatic rings. The number of likely N-dealkylation sites (tertiary alicyclic amines) is 1. The molecule has 4 aromatic heterocycles. The van der Waals surface area contributed by atoms with Crippen molar-refractivity contribution >= 4 is 17.8 Å². The maximum atomic E-state index is 12.5. The Hall–Kier alpha value is -4.40. The van der Waals surface area contributed by atoms with Gasteiger partial charge in [-0.25, -0.2) is 24.6 Å². The Morgan fingerprint density at radius 1 is 1.11 bits per heavy atom. The maximum Gasteiger partial charge on any atom is 0.408 e. The Balaban J connectivity index is 1.36. The summed E-state index contributed by atoms with van der Waals surface area (Å²) in [5, 5.41) is 21.1. The van der Waals surface area contributed by atoms with Crippen LogP contribution in [0.25, 0.3) is 22.8 Å². The molecule has 0 unspecified atom stereocenters. The number of alkyl halides is 3. The largest absolute Gasteiger partial charge is 0.408 e. The molecule has 0 saturated carbocycles. The molecule has 12 nitrogen and oxygen atoms in total. The second kappa shape index (κ2) is 8.67. The third kappa shape index (κ3) is 4.59. The van der Waals surface area contributed by atoms with Gasteiger partial charge in [0.25, 0.3) is 5.91 Å². The van der Waals surface area contributed by atoms with Gasteiger partial charge in [-0.15, -0.1) is 5.10 Å². The maximum absolute atomic E-state index is 12.5. The van der Waals surface area contributed by atoms with E-state index in [1.165, 1.54) is 17.2 Å². The van der Waals surface area contributed by atoms with Crippen molar-refractivity contribution in [1.82, 2.24) is 39.8 Å². The molecule has 1 aliphatic heterocycles. The molecule has 5 rings (SSSR count). The van der Waals surface area contributed by atoms with Crippen LogP contribution in [0.1, 0.15) is 12.2 Å². The zero-order chi connectivity index (χ0) is 25.5. The molecule has 2 N–H and O–H groups in total. The molecule has 1 amide bonds. The highest BCUT2D eigenvalue weighted by Crippen LogP contribution is 2.34. The summed E-state index contributed by atoms with van der Waals surface area (Å²) in [6.45, 7) is -0.882. The molecule has 0 aliphatic carbocycles. The number of amides is 1. The lowest BCUT2D eigenvalue weighted by atomic mass is 9.98. The minimum absolute atomic E-state index is 0.0324. The summed E-state index contributed by atoms with van der Waals surface area (Å²) in [5.41, 5.74) is -0.209. The first-order valence-corrected chi connectivity index (χ1v) is 10.6. The summed E-state index contributed by atoms with van der Waals surface area (Å²) in [7, 11) is 1.59. The van der Waals surface area contributed by atoms with Crippen molar-refractivity contribution in [3.05, 3.63) is 48.6 Å². The minimum atomic E-state index is -4.43. The van der Waals surface area contributed by atoms with E-state index in [-0.39, 0.29) is 24.1 Å². The van der Waals surface area contributed by atoms with E-state index >= 15 is 0 Å². The van der Waals surface area contributed by atoms with E-state index in [0.717, 1.165) is 6.33 Å². The minimum Gasteiger partial charge on any atom is -0.373 e. The van der Waals surface area contributed by atoms with E-state index in [4.69, 9.17) is 4.52 Å². The molecular weight excluding hydrogens is 483 g/mol. The zero-order valence-corrected chi connectivity index (χ0v) is 18.6. The summed E-state index contributed by atoms with van der Waals surface area (Å²) in [6, 6.07) is 8.14. The predicted octanol–water partition coefficient (Wildman–Crippen LogP) is 2.14. The Morgan fingerprint density at radius 3 is 2.58 bits per heavy atom. The molecule has 5 heterocycles. The van der Waals surface area contributed by atoms with E-state index < -0.39 is 24.2 Å². The van der Waals surface area contributed by atoms with Crippen LogP contribution in [0.5, 0.6) is 0 Å². The van der Waals surface area contributed by atoms with Crippen LogP contribution in [-0.2, 0) is 16.9 Å². The van der Waals surface area contributed by atoms with Crippen LogP contribution >= 0.6 is 0 Å². The number of hydrogen-bond donors (Lipinski definition) is 2. The molecule has 1 atom stereocenters. The molecule has 1 saturated heterocycles. The zero-order valence-electron chi connectivity index (χ0n) is 18.6. The molecule has 0 radical (unpaired) electrons. The lowest BCUT2D eigenvalue weighted by Crippen LogP contribution is -2.35. The van der Waals surface area contributed by atoms with Gasteiger partial charge in [0.15, 0.2) is 5.76 Å². The Labute approximate surface area is 200 Å². The molecule has 36 heavy (non-hydrogen) atoms. The van der Waals surface area contributed by atoms with Gasteiger partial charge in [0.05, 0.1) is 17.1 Å². The van der Waals surface area contributed by atoms with E-state index in [1.807, 2.05) is 0 Å². The first-order chi connectivity index (χ1) is 17.1. The second-order valence-corrected chi connectivity index (χ2v) is 8.09. The average molecular weight is 501 g/mol. The molecule has 1 fully saturated rings. The highest BCUT2D eigenvalue weighted by atomic mass is 19.4. The number of rotatable bonds is 6. The van der Waals surface area contributed by atoms with Gasteiger partial charge in [0, 0.05) is 32.3 Å². The van der Waals surface area contributed by atoms with Gasteiger partial charge < -0.3 is 14.5 Å². The highest BCUT2D eigenvalue weighted by Gasteiger charge is 2.48. The SMILES string of the molecule is CN1CC[C@@](O)(c2cc(-c3cccc(-c4ccnc(Nc5ncn(CC(F)(F)F)n5)n4)n3)no2)C1=O. The first-order valence-electron chi connectivity index (χ1n) is 10.6. The fourth-order valence-electron chi connectivity index (χ4n) is 3.67. The molecule has 1 aliphatic rings. The summed E-state index contributed by atoms with van der Waals surface area (Å²) in [5.74, 6) is -0.478. The van der Waals surface area contributed by atoms with Gasteiger partial charge in [0.2, 0.25) is 17.5 Å². The normalized spacial score (nSPS) is 18.1.